The maximum Gasteiger partial charge on any atom is 0.401 e. The topological polar surface area (TPSA) is 49.4 Å². The normalized spacial score (nSPS) is 26.6. The molecule has 1 fully saturated rings. The molecule has 0 radical (unpaired) electrons. The van der Waals surface area contributed by atoms with Gasteiger partial charge in [-0.15, -0.1) is 0 Å². The van der Waals surface area contributed by atoms with Crippen LogP contribution in [-0.4, -0.2) is 50.9 Å². The fraction of sp³-hybridized carbons (Fsp3) is 0.600. The monoisotopic (exact) mass is 384 g/mol. The maximum absolute atomic E-state index is 13.6. The van der Waals surface area contributed by atoms with Crippen LogP contribution in [0.5, 0.6) is 0 Å². The fourth-order valence-corrected chi connectivity index (χ4v) is 5.06. The molecule has 2 aliphatic rings. The van der Waals surface area contributed by atoms with E-state index in [1.807, 2.05) is 0 Å². The minimum Gasteiger partial charge on any atom is -0.306 e. The third kappa shape index (κ3) is 4.12. The van der Waals surface area contributed by atoms with E-state index in [4.69, 9.17) is 0 Å². The number of halogens is 5. The van der Waals surface area contributed by atoms with Crippen LogP contribution in [0.3, 0.4) is 0 Å². The van der Waals surface area contributed by atoms with Gasteiger partial charge in [-0.1, -0.05) is 0 Å². The number of nitrogens with zero attached hydrogens (tertiary/aromatic N) is 1. The number of fused-ring (bicyclic) bond motifs is 1. The van der Waals surface area contributed by atoms with Crippen molar-refractivity contribution in [1.82, 2.24) is 10.2 Å². The number of hydrogen-bond donors (Lipinski definition) is 1. The second kappa shape index (κ2) is 6.48. The summed E-state index contributed by atoms with van der Waals surface area (Å²) < 4.78 is 88.5. The molecule has 1 aromatic carbocycles. The summed E-state index contributed by atoms with van der Waals surface area (Å²) in [6, 6.07) is 0.735. The predicted molar refractivity (Wildman–Crippen MR) is 79.8 cm³/mol. The highest BCUT2D eigenvalue weighted by Crippen LogP contribution is 2.34. The zero-order valence-corrected chi connectivity index (χ0v) is 13.9. The average molecular weight is 384 g/mol. The van der Waals surface area contributed by atoms with Crippen molar-refractivity contribution in [3.8, 4) is 0 Å². The third-order valence-electron chi connectivity index (χ3n) is 4.55. The van der Waals surface area contributed by atoms with Gasteiger partial charge >= 0.3 is 6.18 Å². The molecule has 25 heavy (non-hydrogen) atoms. The van der Waals surface area contributed by atoms with Crippen molar-refractivity contribution in [3.63, 3.8) is 0 Å². The van der Waals surface area contributed by atoms with E-state index in [0.717, 1.165) is 6.07 Å². The highest BCUT2D eigenvalue weighted by atomic mass is 32.2. The third-order valence-corrected chi connectivity index (χ3v) is 6.35. The number of rotatable bonds is 3. The first-order chi connectivity index (χ1) is 11.5. The van der Waals surface area contributed by atoms with Gasteiger partial charge in [0, 0.05) is 25.2 Å². The molecule has 3 rings (SSSR count). The maximum atomic E-state index is 13.6. The lowest BCUT2D eigenvalue weighted by molar-refractivity contribution is -0.143. The largest absolute Gasteiger partial charge is 0.401 e. The Labute approximate surface area is 141 Å². The molecule has 0 amide bonds. The van der Waals surface area contributed by atoms with E-state index in [0.29, 0.717) is 12.5 Å². The Balaban J connectivity index is 1.76. The van der Waals surface area contributed by atoms with E-state index in [9.17, 15) is 30.4 Å². The summed E-state index contributed by atoms with van der Waals surface area (Å²) in [6.07, 6.45) is -3.64. The lowest BCUT2D eigenvalue weighted by atomic mass is 10.0. The van der Waals surface area contributed by atoms with Gasteiger partial charge in [-0.05, 0) is 30.5 Å². The summed E-state index contributed by atoms with van der Waals surface area (Å²) in [5, 5.41) is 3.11. The molecule has 1 N–H and O–H groups in total. The number of hydrogen-bond acceptors (Lipinski definition) is 4. The van der Waals surface area contributed by atoms with Crippen molar-refractivity contribution in [2.75, 3.05) is 25.4 Å². The molecule has 2 atom stereocenters. The van der Waals surface area contributed by atoms with Crippen molar-refractivity contribution in [1.29, 1.82) is 0 Å². The van der Waals surface area contributed by atoms with Crippen LogP contribution in [0.1, 0.15) is 24.4 Å². The Morgan fingerprint density at radius 3 is 2.52 bits per heavy atom. The standard InChI is InChI=1S/C15H17F5N2O2S/c16-11-5-10-13(2-4-25(23,24)14(10)6-12(11)17)21-9-1-3-22(7-9)8-15(18,19)20/h5-6,9,13,21H,1-4,7-8H2. The molecule has 1 saturated heterocycles. The van der Waals surface area contributed by atoms with Crippen molar-refractivity contribution in [2.45, 2.75) is 36.0 Å². The summed E-state index contributed by atoms with van der Waals surface area (Å²) in [5.41, 5.74) is 0.138. The molecule has 0 aliphatic carbocycles. The summed E-state index contributed by atoms with van der Waals surface area (Å²) in [6.45, 7) is -0.560. The van der Waals surface area contributed by atoms with E-state index in [1.165, 1.54) is 4.90 Å². The van der Waals surface area contributed by atoms with Crippen LogP contribution in [0.15, 0.2) is 17.0 Å². The molecule has 1 aromatic rings. The first-order valence-electron chi connectivity index (χ1n) is 7.82. The van der Waals surface area contributed by atoms with Crippen molar-refractivity contribution >= 4 is 9.84 Å². The predicted octanol–water partition coefficient (Wildman–Crippen LogP) is 2.41. The molecule has 4 nitrogen and oxygen atoms in total. The molecule has 0 bridgehead atoms. The minimum atomic E-state index is -4.28. The van der Waals surface area contributed by atoms with Crippen LogP contribution in [0.4, 0.5) is 22.0 Å². The van der Waals surface area contributed by atoms with Gasteiger partial charge in [0.05, 0.1) is 17.2 Å². The van der Waals surface area contributed by atoms with Gasteiger partial charge in [-0.3, -0.25) is 4.90 Å². The zero-order chi connectivity index (χ0) is 18.4. The van der Waals surface area contributed by atoms with E-state index < -0.39 is 40.2 Å². The fourth-order valence-electron chi connectivity index (χ4n) is 3.45. The Kier molecular flexibility index (Phi) is 4.80. The van der Waals surface area contributed by atoms with Crippen LogP contribution >= 0.6 is 0 Å². The Hall–Kier alpha value is -1.26. The van der Waals surface area contributed by atoms with Gasteiger partial charge in [0.1, 0.15) is 0 Å². The van der Waals surface area contributed by atoms with Gasteiger partial charge in [0.2, 0.25) is 0 Å². The second-order valence-electron chi connectivity index (χ2n) is 6.47. The number of sulfone groups is 1. The molecular weight excluding hydrogens is 367 g/mol. The van der Waals surface area contributed by atoms with E-state index in [1.54, 1.807) is 0 Å². The lowest BCUT2D eigenvalue weighted by Crippen LogP contribution is -2.40. The van der Waals surface area contributed by atoms with Crippen LogP contribution in [0.25, 0.3) is 0 Å². The Bertz CT molecular complexity index is 766. The average Bonchev–Trinajstić information content (AvgIpc) is 2.89. The molecule has 140 valence electrons. The first kappa shape index (κ1) is 18.5. The van der Waals surface area contributed by atoms with E-state index in [-0.39, 0.29) is 41.8 Å². The van der Waals surface area contributed by atoms with Crippen LogP contribution in [0, 0.1) is 11.6 Å². The summed E-state index contributed by atoms with van der Waals surface area (Å²) in [7, 11) is -3.69. The van der Waals surface area contributed by atoms with Crippen LogP contribution < -0.4 is 5.32 Å². The van der Waals surface area contributed by atoms with Crippen LogP contribution in [0.2, 0.25) is 0 Å². The van der Waals surface area contributed by atoms with E-state index >= 15 is 0 Å². The number of likely N-dealkylation sites (tertiary alicyclic amines) is 1. The summed E-state index contributed by atoms with van der Waals surface area (Å²) in [4.78, 5) is 1.02. The second-order valence-corrected chi connectivity index (χ2v) is 8.54. The minimum absolute atomic E-state index is 0.138. The number of alkyl halides is 3. The van der Waals surface area contributed by atoms with Crippen molar-refractivity contribution < 1.29 is 30.4 Å². The van der Waals surface area contributed by atoms with E-state index in [2.05, 4.69) is 5.32 Å². The van der Waals surface area contributed by atoms with Gasteiger partial charge in [0.15, 0.2) is 21.5 Å². The number of benzene rings is 1. The van der Waals surface area contributed by atoms with Crippen LogP contribution in [-0.2, 0) is 9.84 Å². The Morgan fingerprint density at radius 2 is 1.84 bits per heavy atom. The van der Waals surface area contributed by atoms with Gasteiger partial charge in [-0.2, -0.15) is 13.2 Å². The molecule has 2 aliphatic heterocycles. The van der Waals surface area contributed by atoms with Gasteiger partial charge in [-0.25, -0.2) is 17.2 Å². The van der Waals surface area contributed by atoms with Gasteiger partial charge < -0.3 is 5.32 Å². The molecule has 0 saturated carbocycles. The van der Waals surface area contributed by atoms with Crippen molar-refractivity contribution in [2.24, 2.45) is 0 Å². The highest BCUT2D eigenvalue weighted by molar-refractivity contribution is 7.91. The SMILES string of the molecule is O=S1(=O)CCC(NC2CCN(CC(F)(F)F)C2)c2cc(F)c(F)cc21. The quantitative estimate of drug-likeness (QED) is 0.642. The van der Waals surface area contributed by atoms with Gasteiger partial charge in [0.25, 0.3) is 0 Å². The smallest absolute Gasteiger partial charge is 0.306 e. The molecule has 0 spiro atoms. The zero-order valence-electron chi connectivity index (χ0n) is 13.1. The lowest BCUT2D eigenvalue weighted by Gasteiger charge is -2.29. The highest BCUT2D eigenvalue weighted by Gasteiger charge is 2.37. The molecule has 2 heterocycles. The summed E-state index contributed by atoms with van der Waals surface area (Å²) >= 11 is 0. The van der Waals surface area contributed by atoms with Crippen molar-refractivity contribution in [3.05, 3.63) is 29.3 Å². The molecular formula is C15H17F5N2O2S. The first-order valence-corrected chi connectivity index (χ1v) is 9.47. The number of nitrogens with one attached hydrogen (secondary N) is 1. The molecule has 2 unspecified atom stereocenters. The Morgan fingerprint density at radius 1 is 1.16 bits per heavy atom. The summed E-state index contributed by atoms with van der Waals surface area (Å²) in [5.74, 6) is -2.60. The molecule has 10 heteroatoms. The molecule has 0 aromatic heterocycles.